The lowest BCUT2D eigenvalue weighted by molar-refractivity contribution is 0.291. The van der Waals surface area contributed by atoms with Gasteiger partial charge in [-0.15, -0.1) is 11.3 Å². The Labute approximate surface area is 152 Å². The number of likely N-dealkylation sites (tertiary alicyclic amines) is 1. The summed E-state index contributed by atoms with van der Waals surface area (Å²) in [6.07, 6.45) is 0. The summed E-state index contributed by atoms with van der Waals surface area (Å²) < 4.78 is 27.4. The first-order valence-corrected chi connectivity index (χ1v) is 10.8. The third kappa shape index (κ3) is 3.36. The fourth-order valence-corrected chi connectivity index (χ4v) is 6.61. The molecule has 0 spiro atoms. The lowest BCUT2D eigenvalue weighted by atomic mass is 10.1. The minimum Gasteiger partial charge on any atom is -0.296 e. The van der Waals surface area contributed by atoms with Crippen molar-refractivity contribution in [3.63, 3.8) is 0 Å². The number of hydrogen-bond acceptors (Lipinski definition) is 6. The molecular formula is C17H22N4O2S2. The lowest BCUT2D eigenvalue weighted by Gasteiger charge is -2.20. The van der Waals surface area contributed by atoms with Crippen molar-refractivity contribution in [3.05, 3.63) is 45.7 Å². The fourth-order valence-electron chi connectivity index (χ4n) is 3.86. The molecular weight excluding hydrogens is 356 g/mol. The summed E-state index contributed by atoms with van der Waals surface area (Å²) in [4.78, 5) is 11.2. The fraction of sp³-hybridized carbons (Fsp3) is 0.529. The van der Waals surface area contributed by atoms with Crippen LogP contribution < -0.4 is 0 Å². The van der Waals surface area contributed by atoms with E-state index >= 15 is 0 Å². The SMILES string of the molecule is Cc1cccc(CN2C[C@@H]3CN(Cc4csc(C)n4)S(=O)(=O)[C@H]3C2)n1. The van der Waals surface area contributed by atoms with Gasteiger partial charge in [-0.3, -0.25) is 9.88 Å². The van der Waals surface area contributed by atoms with Crippen LogP contribution in [0.4, 0.5) is 0 Å². The molecule has 4 rings (SSSR count). The van der Waals surface area contributed by atoms with E-state index < -0.39 is 10.0 Å². The first-order valence-electron chi connectivity index (χ1n) is 8.46. The molecule has 0 unspecified atom stereocenters. The molecule has 25 heavy (non-hydrogen) atoms. The van der Waals surface area contributed by atoms with E-state index in [-0.39, 0.29) is 11.2 Å². The van der Waals surface area contributed by atoms with E-state index in [0.29, 0.717) is 19.6 Å². The van der Waals surface area contributed by atoms with E-state index in [0.717, 1.165) is 35.2 Å². The number of rotatable bonds is 4. The third-order valence-electron chi connectivity index (χ3n) is 4.97. The molecule has 2 aromatic heterocycles. The van der Waals surface area contributed by atoms with E-state index in [1.54, 1.807) is 15.6 Å². The molecule has 0 bridgehead atoms. The maximum Gasteiger partial charge on any atom is 0.218 e. The second-order valence-corrected chi connectivity index (χ2v) is 10.2. The maximum absolute atomic E-state index is 12.9. The monoisotopic (exact) mass is 378 g/mol. The predicted molar refractivity (Wildman–Crippen MR) is 97.7 cm³/mol. The van der Waals surface area contributed by atoms with Crippen LogP contribution in [0, 0.1) is 19.8 Å². The molecule has 0 aliphatic carbocycles. The summed E-state index contributed by atoms with van der Waals surface area (Å²) in [6, 6.07) is 5.99. The lowest BCUT2D eigenvalue weighted by Crippen LogP contribution is -2.34. The number of nitrogens with zero attached hydrogens (tertiary/aromatic N) is 4. The van der Waals surface area contributed by atoms with Gasteiger partial charge in [0.25, 0.3) is 0 Å². The molecule has 2 aliphatic rings. The first-order chi connectivity index (χ1) is 11.9. The van der Waals surface area contributed by atoms with Gasteiger partial charge in [-0.25, -0.2) is 13.4 Å². The highest BCUT2D eigenvalue weighted by Crippen LogP contribution is 2.35. The molecule has 6 nitrogen and oxygen atoms in total. The zero-order valence-corrected chi connectivity index (χ0v) is 16.1. The van der Waals surface area contributed by atoms with Gasteiger partial charge in [0.05, 0.1) is 28.2 Å². The van der Waals surface area contributed by atoms with Crippen molar-refractivity contribution in [1.29, 1.82) is 0 Å². The summed E-state index contributed by atoms with van der Waals surface area (Å²) in [5.41, 5.74) is 2.85. The van der Waals surface area contributed by atoms with E-state index in [1.807, 2.05) is 37.4 Å². The van der Waals surface area contributed by atoms with Crippen LogP contribution in [0.3, 0.4) is 0 Å². The molecule has 0 amide bonds. The Kier molecular flexibility index (Phi) is 4.39. The van der Waals surface area contributed by atoms with E-state index in [2.05, 4.69) is 14.9 Å². The van der Waals surface area contributed by atoms with Gasteiger partial charge in [0, 0.05) is 43.2 Å². The normalized spacial score (nSPS) is 26.2. The van der Waals surface area contributed by atoms with Gasteiger partial charge < -0.3 is 0 Å². The standard InChI is InChI=1S/C17H22N4O2S2/c1-12-4-3-5-15(18-12)8-20-6-14-7-21(25(22,23)17(14)10-20)9-16-11-24-13(2)19-16/h3-5,11,14,17H,6-10H2,1-2H3/t14-,17+/m1/s1. The Morgan fingerprint density at radius 3 is 2.64 bits per heavy atom. The quantitative estimate of drug-likeness (QED) is 0.812. The third-order valence-corrected chi connectivity index (χ3v) is 8.09. The molecule has 2 aromatic rings. The summed E-state index contributed by atoms with van der Waals surface area (Å²) in [5, 5.41) is 2.63. The molecule has 0 saturated carbocycles. The molecule has 2 aliphatic heterocycles. The van der Waals surface area contributed by atoms with Crippen molar-refractivity contribution in [3.8, 4) is 0 Å². The smallest absolute Gasteiger partial charge is 0.218 e. The Morgan fingerprint density at radius 1 is 1.12 bits per heavy atom. The van der Waals surface area contributed by atoms with Crippen LogP contribution in [-0.4, -0.2) is 52.5 Å². The average Bonchev–Trinajstić information content (AvgIpc) is 3.18. The second-order valence-electron chi connectivity index (χ2n) is 6.96. The van der Waals surface area contributed by atoms with Crippen molar-refractivity contribution in [2.75, 3.05) is 19.6 Å². The minimum atomic E-state index is -3.25. The molecule has 4 heterocycles. The first kappa shape index (κ1) is 17.1. The zero-order valence-electron chi connectivity index (χ0n) is 14.4. The Morgan fingerprint density at radius 2 is 1.96 bits per heavy atom. The maximum atomic E-state index is 12.9. The molecule has 2 atom stereocenters. The average molecular weight is 379 g/mol. The van der Waals surface area contributed by atoms with E-state index in [1.165, 1.54) is 0 Å². The zero-order chi connectivity index (χ0) is 17.6. The molecule has 0 N–H and O–H groups in total. The van der Waals surface area contributed by atoms with Crippen LogP contribution in [-0.2, 0) is 23.1 Å². The van der Waals surface area contributed by atoms with Gasteiger partial charge in [-0.2, -0.15) is 4.31 Å². The number of fused-ring (bicyclic) bond motifs is 1. The molecule has 2 saturated heterocycles. The Balaban J connectivity index is 1.44. The Hall–Kier alpha value is -1.35. The number of pyridine rings is 1. The van der Waals surface area contributed by atoms with Crippen molar-refractivity contribution in [2.24, 2.45) is 5.92 Å². The van der Waals surface area contributed by atoms with Gasteiger partial charge in [-0.05, 0) is 26.0 Å². The van der Waals surface area contributed by atoms with Crippen LogP contribution in [0.5, 0.6) is 0 Å². The highest BCUT2D eigenvalue weighted by atomic mass is 32.2. The number of hydrogen-bond donors (Lipinski definition) is 0. The van der Waals surface area contributed by atoms with Crippen LogP contribution >= 0.6 is 11.3 Å². The van der Waals surface area contributed by atoms with Crippen LogP contribution in [0.25, 0.3) is 0 Å². The predicted octanol–water partition coefficient (Wildman–Crippen LogP) is 1.80. The number of thiazole rings is 1. The molecule has 2 fully saturated rings. The second kappa shape index (κ2) is 6.42. The number of sulfonamides is 1. The van der Waals surface area contributed by atoms with Crippen molar-refractivity contribution in [2.45, 2.75) is 32.2 Å². The highest BCUT2D eigenvalue weighted by molar-refractivity contribution is 7.90. The van der Waals surface area contributed by atoms with Gasteiger partial charge in [0.15, 0.2) is 0 Å². The van der Waals surface area contributed by atoms with Gasteiger partial charge in [0.1, 0.15) is 0 Å². The van der Waals surface area contributed by atoms with E-state index in [4.69, 9.17) is 0 Å². The van der Waals surface area contributed by atoms with Crippen molar-refractivity contribution >= 4 is 21.4 Å². The van der Waals surface area contributed by atoms with Crippen molar-refractivity contribution in [1.82, 2.24) is 19.2 Å². The van der Waals surface area contributed by atoms with Crippen LogP contribution in [0.2, 0.25) is 0 Å². The van der Waals surface area contributed by atoms with Crippen LogP contribution in [0.1, 0.15) is 22.1 Å². The van der Waals surface area contributed by atoms with Crippen LogP contribution in [0.15, 0.2) is 23.6 Å². The Bertz CT molecular complexity index is 880. The molecule has 0 radical (unpaired) electrons. The van der Waals surface area contributed by atoms with Crippen molar-refractivity contribution < 1.29 is 8.42 Å². The molecule has 134 valence electrons. The minimum absolute atomic E-state index is 0.176. The topological polar surface area (TPSA) is 66.4 Å². The van der Waals surface area contributed by atoms with E-state index in [9.17, 15) is 8.42 Å². The highest BCUT2D eigenvalue weighted by Gasteiger charge is 2.50. The summed E-state index contributed by atoms with van der Waals surface area (Å²) >= 11 is 1.56. The summed E-state index contributed by atoms with van der Waals surface area (Å²) in [5.74, 6) is 0.176. The molecule has 0 aromatic carbocycles. The largest absolute Gasteiger partial charge is 0.296 e. The van der Waals surface area contributed by atoms with Gasteiger partial charge in [-0.1, -0.05) is 6.07 Å². The summed E-state index contributed by atoms with van der Waals surface area (Å²) in [6.45, 7) is 7.04. The number of aryl methyl sites for hydroxylation is 2. The van der Waals surface area contributed by atoms with Gasteiger partial charge >= 0.3 is 0 Å². The molecule has 8 heteroatoms. The number of aromatic nitrogens is 2. The summed E-state index contributed by atoms with van der Waals surface area (Å²) in [7, 11) is -3.25. The van der Waals surface area contributed by atoms with Gasteiger partial charge in [0.2, 0.25) is 10.0 Å².